The van der Waals surface area contributed by atoms with E-state index >= 15 is 0 Å². The van der Waals surface area contributed by atoms with Crippen LogP contribution in [0.2, 0.25) is 0 Å². The van der Waals surface area contributed by atoms with E-state index in [2.05, 4.69) is 12.2 Å². The van der Waals surface area contributed by atoms with Crippen LogP contribution >= 0.6 is 35.7 Å². The number of benzene rings is 1. The first-order valence-electron chi connectivity index (χ1n) is 7.06. The molecular formula is C17H17NO2S3. The molecule has 0 radical (unpaired) electrons. The van der Waals surface area contributed by atoms with E-state index in [0.29, 0.717) is 21.5 Å². The molecule has 3 nitrogen and oxygen atoms in total. The molecule has 1 aromatic rings. The number of hydrogen-bond acceptors (Lipinski definition) is 5. The highest BCUT2D eigenvalue weighted by Gasteiger charge is 2.31. The van der Waals surface area contributed by atoms with E-state index in [-0.39, 0.29) is 12.5 Å². The summed E-state index contributed by atoms with van der Waals surface area (Å²) < 4.78 is 5.97. The predicted molar refractivity (Wildman–Crippen MR) is 104 cm³/mol. The first kappa shape index (κ1) is 17.9. The van der Waals surface area contributed by atoms with Crippen molar-refractivity contribution < 1.29 is 9.53 Å². The van der Waals surface area contributed by atoms with E-state index in [1.807, 2.05) is 30.3 Å². The maximum atomic E-state index is 12.4. The van der Waals surface area contributed by atoms with Crippen molar-refractivity contribution in [3.8, 4) is 18.1 Å². The molecule has 1 aromatic carbocycles. The second-order valence-corrected chi connectivity index (χ2v) is 7.40. The zero-order valence-corrected chi connectivity index (χ0v) is 15.2. The van der Waals surface area contributed by atoms with Gasteiger partial charge in [-0.1, -0.05) is 42.0 Å². The van der Waals surface area contributed by atoms with Crippen molar-refractivity contribution >= 4 is 52.0 Å². The number of rotatable bonds is 7. The van der Waals surface area contributed by atoms with Gasteiger partial charge in [-0.2, -0.15) is 11.8 Å². The molecule has 1 amide bonds. The zero-order chi connectivity index (χ0) is 16.7. The van der Waals surface area contributed by atoms with Gasteiger partial charge in [-0.3, -0.25) is 9.69 Å². The molecule has 0 atom stereocenters. The SMILES string of the molecule is C#CCOc1ccc(/C=C2/SC(=S)N(CCCSC)C2=O)cc1. The third-order valence-corrected chi connectivity index (χ3v) is 5.18. The van der Waals surface area contributed by atoms with Crippen LogP contribution in [0.1, 0.15) is 12.0 Å². The number of carbonyl (C=O) groups is 1. The maximum Gasteiger partial charge on any atom is 0.266 e. The zero-order valence-electron chi connectivity index (χ0n) is 12.8. The Labute approximate surface area is 150 Å². The number of ether oxygens (including phenoxy) is 1. The minimum Gasteiger partial charge on any atom is -0.481 e. The van der Waals surface area contributed by atoms with Gasteiger partial charge < -0.3 is 4.74 Å². The van der Waals surface area contributed by atoms with Gasteiger partial charge in [0.25, 0.3) is 5.91 Å². The molecule has 1 saturated heterocycles. The number of nitrogens with zero attached hydrogens (tertiary/aromatic N) is 1. The number of thioether (sulfide) groups is 2. The van der Waals surface area contributed by atoms with Gasteiger partial charge in [0.2, 0.25) is 0 Å². The summed E-state index contributed by atoms with van der Waals surface area (Å²) in [5.74, 6) is 4.15. The summed E-state index contributed by atoms with van der Waals surface area (Å²) >= 11 is 8.44. The third kappa shape index (κ3) is 5.03. The van der Waals surface area contributed by atoms with Crippen molar-refractivity contribution in [3.63, 3.8) is 0 Å². The van der Waals surface area contributed by atoms with Gasteiger partial charge in [0.05, 0.1) is 4.91 Å². The molecule has 0 N–H and O–H groups in total. The van der Waals surface area contributed by atoms with Gasteiger partial charge >= 0.3 is 0 Å². The standard InChI is InChI=1S/C17H17NO2S3/c1-3-10-20-14-7-5-13(6-8-14)12-15-16(19)18(17(21)23-15)9-4-11-22-2/h1,5-8,12H,4,9-11H2,2H3/b15-12+. The molecule has 0 aliphatic carbocycles. The normalized spacial score (nSPS) is 16.0. The second kappa shape index (κ2) is 9.02. The lowest BCUT2D eigenvalue weighted by Crippen LogP contribution is -2.29. The van der Waals surface area contributed by atoms with Crippen molar-refractivity contribution in [2.75, 3.05) is 25.2 Å². The molecule has 23 heavy (non-hydrogen) atoms. The number of hydrogen-bond donors (Lipinski definition) is 0. The van der Waals surface area contributed by atoms with Gasteiger partial charge in [-0.15, -0.1) is 6.42 Å². The van der Waals surface area contributed by atoms with Crippen molar-refractivity contribution in [3.05, 3.63) is 34.7 Å². The lowest BCUT2D eigenvalue weighted by atomic mass is 10.2. The monoisotopic (exact) mass is 363 g/mol. The van der Waals surface area contributed by atoms with Gasteiger partial charge in [0.15, 0.2) is 0 Å². The molecule has 1 heterocycles. The Morgan fingerprint density at radius 3 is 2.83 bits per heavy atom. The van der Waals surface area contributed by atoms with E-state index < -0.39 is 0 Å². The summed E-state index contributed by atoms with van der Waals surface area (Å²) in [6.45, 7) is 0.926. The van der Waals surface area contributed by atoms with Crippen LogP contribution in [0.25, 0.3) is 6.08 Å². The fourth-order valence-corrected chi connectivity index (χ4v) is 3.72. The van der Waals surface area contributed by atoms with E-state index in [9.17, 15) is 4.79 Å². The first-order chi connectivity index (χ1) is 11.2. The van der Waals surface area contributed by atoms with Crippen LogP contribution in [-0.2, 0) is 4.79 Å². The molecule has 0 bridgehead atoms. The molecule has 1 aliphatic heterocycles. The highest BCUT2D eigenvalue weighted by molar-refractivity contribution is 8.26. The molecule has 120 valence electrons. The molecular weight excluding hydrogens is 346 g/mol. The third-order valence-electron chi connectivity index (χ3n) is 3.10. The Balaban J connectivity index is 2.03. The van der Waals surface area contributed by atoms with E-state index in [1.165, 1.54) is 11.8 Å². The van der Waals surface area contributed by atoms with Crippen LogP contribution in [0.4, 0.5) is 0 Å². The molecule has 6 heteroatoms. The van der Waals surface area contributed by atoms with Gasteiger partial charge in [0.1, 0.15) is 16.7 Å². The minimum absolute atomic E-state index is 0.00578. The number of carbonyl (C=O) groups excluding carboxylic acids is 1. The smallest absolute Gasteiger partial charge is 0.266 e. The average Bonchev–Trinajstić information content (AvgIpc) is 2.82. The van der Waals surface area contributed by atoms with Gasteiger partial charge in [-0.25, -0.2) is 0 Å². The maximum absolute atomic E-state index is 12.4. The molecule has 2 rings (SSSR count). The van der Waals surface area contributed by atoms with Gasteiger partial charge in [-0.05, 0) is 42.2 Å². The fourth-order valence-electron chi connectivity index (χ4n) is 2.00. The van der Waals surface area contributed by atoms with Crippen LogP contribution in [0.3, 0.4) is 0 Å². The molecule has 1 aliphatic rings. The van der Waals surface area contributed by atoms with Crippen molar-refractivity contribution in [2.45, 2.75) is 6.42 Å². The highest BCUT2D eigenvalue weighted by Crippen LogP contribution is 2.32. The summed E-state index contributed by atoms with van der Waals surface area (Å²) in [4.78, 5) is 14.8. The van der Waals surface area contributed by atoms with Gasteiger partial charge in [0, 0.05) is 6.54 Å². The summed E-state index contributed by atoms with van der Waals surface area (Å²) in [5.41, 5.74) is 0.933. The van der Waals surface area contributed by atoms with Crippen LogP contribution < -0.4 is 4.74 Å². The summed E-state index contributed by atoms with van der Waals surface area (Å²) in [6, 6.07) is 7.46. The number of amides is 1. The second-order valence-electron chi connectivity index (χ2n) is 4.74. The number of thiocarbonyl (C=S) groups is 1. The van der Waals surface area contributed by atoms with Crippen molar-refractivity contribution in [1.82, 2.24) is 4.90 Å². The molecule has 0 aromatic heterocycles. The average molecular weight is 364 g/mol. The quantitative estimate of drug-likeness (QED) is 0.319. The molecule has 0 unspecified atom stereocenters. The first-order valence-corrected chi connectivity index (χ1v) is 9.68. The lowest BCUT2D eigenvalue weighted by Gasteiger charge is -2.13. The molecule has 0 spiro atoms. The Bertz CT molecular complexity index is 647. The number of terminal acetylenes is 1. The van der Waals surface area contributed by atoms with Crippen LogP contribution in [-0.4, -0.2) is 40.3 Å². The summed E-state index contributed by atoms with van der Waals surface area (Å²) in [6.07, 6.45) is 10.0. The summed E-state index contributed by atoms with van der Waals surface area (Å²) in [5, 5.41) is 0. The Morgan fingerprint density at radius 1 is 1.43 bits per heavy atom. The Hall–Kier alpha value is -1.42. The minimum atomic E-state index is -0.00578. The Morgan fingerprint density at radius 2 is 2.17 bits per heavy atom. The molecule has 1 fully saturated rings. The predicted octanol–water partition coefficient (Wildman–Crippen LogP) is 3.65. The van der Waals surface area contributed by atoms with Crippen LogP contribution in [0.15, 0.2) is 29.2 Å². The van der Waals surface area contributed by atoms with Crippen molar-refractivity contribution in [2.24, 2.45) is 0 Å². The fraction of sp³-hybridized carbons (Fsp3) is 0.294. The van der Waals surface area contributed by atoms with E-state index in [1.54, 1.807) is 16.7 Å². The largest absolute Gasteiger partial charge is 0.481 e. The van der Waals surface area contributed by atoms with Crippen LogP contribution in [0, 0.1) is 12.3 Å². The summed E-state index contributed by atoms with van der Waals surface area (Å²) in [7, 11) is 0. The Kier molecular flexibility index (Phi) is 7.03. The van der Waals surface area contributed by atoms with E-state index in [0.717, 1.165) is 17.7 Å². The van der Waals surface area contributed by atoms with E-state index in [4.69, 9.17) is 23.4 Å². The lowest BCUT2D eigenvalue weighted by molar-refractivity contribution is -0.122. The van der Waals surface area contributed by atoms with Crippen molar-refractivity contribution in [1.29, 1.82) is 0 Å². The molecule has 0 saturated carbocycles. The van der Waals surface area contributed by atoms with Crippen LogP contribution in [0.5, 0.6) is 5.75 Å². The highest BCUT2D eigenvalue weighted by atomic mass is 32.2. The topological polar surface area (TPSA) is 29.5 Å².